The number of halogens is 17. The van der Waals surface area contributed by atoms with Gasteiger partial charge in [-0.25, -0.2) is 35.9 Å². The molecule has 0 saturated heterocycles. The maximum atomic E-state index is 13.1. The van der Waals surface area contributed by atoms with Gasteiger partial charge in [0.1, 0.15) is 0 Å². The van der Waals surface area contributed by atoms with Crippen LogP contribution in [0.15, 0.2) is 24.8 Å². The van der Waals surface area contributed by atoms with Gasteiger partial charge in [-0.05, 0) is 6.08 Å². The molecule has 0 amide bonds. The van der Waals surface area contributed by atoms with E-state index in [1.54, 1.807) is 0 Å². The molecule has 0 saturated carbocycles. The second kappa shape index (κ2) is 12.7. The third-order valence-electron chi connectivity index (χ3n) is 3.54. The SMILES string of the molecule is C=CC(=O)OC(F)C(F)(F)C(F)(F)C(F)(F)C(F)(F)C(F)C(F)F.O=C(O)C=CC(F)C(F)(F)C(F)F. The van der Waals surface area contributed by atoms with E-state index in [0.717, 1.165) is 0 Å². The lowest BCUT2D eigenvalue weighted by atomic mass is 9.95. The van der Waals surface area contributed by atoms with Gasteiger partial charge in [-0.2, -0.15) is 48.3 Å². The number of hydrogen-bond acceptors (Lipinski definition) is 3. The standard InChI is InChI=1S/C10H6F12O2.C6H5F5O2/c1-2-3(23)24-6(14)8(17,18)10(21,22)9(19,20)7(15,16)4(11)5(12)13;7-3(1-2-4(12)13)6(10,11)5(8)9/h2,4-6H,1H2;1-3,5H,(H,12,13). The lowest BCUT2D eigenvalue weighted by molar-refractivity contribution is -0.399. The van der Waals surface area contributed by atoms with Crippen LogP contribution < -0.4 is 0 Å². The molecule has 0 bridgehead atoms. The largest absolute Gasteiger partial charge is 0.478 e. The molecule has 21 heteroatoms. The molecule has 3 unspecified atom stereocenters. The zero-order valence-electron chi connectivity index (χ0n) is 16.9. The summed E-state index contributed by atoms with van der Waals surface area (Å²) in [5, 5.41) is 7.88. The van der Waals surface area contributed by atoms with Crippen LogP contribution in [0.2, 0.25) is 0 Å². The van der Waals surface area contributed by atoms with Crippen molar-refractivity contribution in [1.29, 1.82) is 0 Å². The average molecular weight is 590 g/mol. The van der Waals surface area contributed by atoms with Crippen molar-refractivity contribution in [3.05, 3.63) is 24.8 Å². The van der Waals surface area contributed by atoms with Crippen molar-refractivity contribution in [2.45, 2.75) is 61.2 Å². The number of aliphatic carboxylic acids is 1. The molecule has 37 heavy (non-hydrogen) atoms. The summed E-state index contributed by atoms with van der Waals surface area (Å²) in [6.45, 7) is 2.51. The Balaban J connectivity index is 0. The van der Waals surface area contributed by atoms with Crippen molar-refractivity contribution in [3.8, 4) is 0 Å². The first-order valence-electron chi connectivity index (χ1n) is 8.38. The van der Waals surface area contributed by atoms with Crippen molar-refractivity contribution < 1.29 is 94.1 Å². The molecule has 4 nitrogen and oxygen atoms in total. The van der Waals surface area contributed by atoms with E-state index in [1.807, 2.05) is 0 Å². The highest BCUT2D eigenvalue weighted by Crippen LogP contribution is 2.56. The van der Waals surface area contributed by atoms with Crippen molar-refractivity contribution >= 4 is 11.9 Å². The quantitative estimate of drug-likeness (QED) is 0.172. The van der Waals surface area contributed by atoms with Crippen LogP contribution >= 0.6 is 0 Å². The summed E-state index contributed by atoms with van der Waals surface area (Å²) in [6, 6.07) is 0. The number of ether oxygens (including phenoxy) is 1. The second-order valence-electron chi connectivity index (χ2n) is 6.16. The monoisotopic (exact) mass is 590 g/mol. The van der Waals surface area contributed by atoms with Gasteiger partial charge < -0.3 is 9.84 Å². The Morgan fingerprint density at radius 2 is 1.16 bits per heavy atom. The predicted molar refractivity (Wildman–Crippen MR) is 84.5 cm³/mol. The lowest BCUT2D eigenvalue weighted by Crippen LogP contribution is -2.67. The van der Waals surface area contributed by atoms with E-state index in [2.05, 4.69) is 11.3 Å². The molecule has 0 rings (SSSR count). The third kappa shape index (κ3) is 8.11. The van der Waals surface area contributed by atoms with Crippen molar-refractivity contribution in [2.24, 2.45) is 0 Å². The highest BCUT2D eigenvalue weighted by atomic mass is 19.4. The van der Waals surface area contributed by atoms with Crippen LogP contribution in [0.1, 0.15) is 0 Å². The van der Waals surface area contributed by atoms with Crippen LogP contribution in [0.3, 0.4) is 0 Å². The molecule has 0 spiro atoms. The average Bonchev–Trinajstić information content (AvgIpc) is 2.76. The van der Waals surface area contributed by atoms with Gasteiger partial charge in [0.15, 0.2) is 6.17 Å². The molecule has 0 aliphatic rings. The number of hydrogen-bond donors (Lipinski definition) is 1. The topological polar surface area (TPSA) is 63.6 Å². The van der Waals surface area contributed by atoms with Crippen molar-refractivity contribution in [2.75, 3.05) is 0 Å². The Labute approximate surface area is 193 Å². The zero-order valence-corrected chi connectivity index (χ0v) is 16.9. The summed E-state index contributed by atoms with van der Waals surface area (Å²) in [5.74, 6) is -37.5. The number of carboxylic acids is 1. The van der Waals surface area contributed by atoms with E-state index in [1.165, 1.54) is 0 Å². The second-order valence-corrected chi connectivity index (χ2v) is 6.16. The first-order chi connectivity index (χ1) is 16.3. The van der Waals surface area contributed by atoms with Gasteiger partial charge in [0.05, 0.1) is 0 Å². The van der Waals surface area contributed by atoms with E-state index >= 15 is 0 Å². The molecule has 0 aromatic carbocycles. The number of carboxylic acid groups (broad SMARTS) is 1. The lowest BCUT2D eigenvalue weighted by Gasteiger charge is -2.38. The molecule has 0 aliphatic heterocycles. The Morgan fingerprint density at radius 1 is 0.757 bits per heavy atom. The minimum atomic E-state index is -7.48. The number of alkyl halides is 17. The third-order valence-corrected chi connectivity index (χ3v) is 3.54. The van der Waals surface area contributed by atoms with Gasteiger partial charge in [-0.15, -0.1) is 0 Å². The van der Waals surface area contributed by atoms with E-state index in [9.17, 15) is 84.2 Å². The summed E-state index contributed by atoms with van der Waals surface area (Å²) >= 11 is 0. The maximum Gasteiger partial charge on any atom is 0.385 e. The van der Waals surface area contributed by atoms with E-state index in [4.69, 9.17) is 5.11 Å². The zero-order chi connectivity index (χ0) is 30.4. The summed E-state index contributed by atoms with van der Waals surface area (Å²) in [7, 11) is 0. The maximum absolute atomic E-state index is 13.1. The summed E-state index contributed by atoms with van der Waals surface area (Å²) in [6.07, 6.45) is -22.7. The molecular formula is C16H11F17O4. The van der Waals surface area contributed by atoms with Crippen LogP contribution in [0.5, 0.6) is 0 Å². The van der Waals surface area contributed by atoms with Crippen LogP contribution in [0.25, 0.3) is 0 Å². The fourth-order valence-corrected chi connectivity index (χ4v) is 1.53. The molecule has 0 radical (unpaired) electrons. The Morgan fingerprint density at radius 3 is 1.49 bits per heavy atom. The normalized spacial score (nSPS) is 16.2. The summed E-state index contributed by atoms with van der Waals surface area (Å²) in [4.78, 5) is 20.1. The number of rotatable bonds is 12. The fourth-order valence-electron chi connectivity index (χ4n) is 1.53. The Bertz CT molecular complexity index is 811. The molecule has 0 aromatic rings. The summed E-state index contributed by atoms with van der Waals surface area (Å²) in [5.41, 5.74) is 0. The molecule has 0 aliphatic carbocycles. The molecular weight excluding hydrogens is 579 g/mol. The number of esters is 1. The minimum absolute atomic E-state index is 0.0426. The van der Waals surface area contributed by atoms with Crippen LogP contribution in [0.4, 0.5) is 74.6 Å². The van der Waals surface area contributed by atoms with Crippen molar-refractivity contribution in [3.63, 3.8) is 0 Å². The fraction of sp³-hybridized carbons (Fsp3) is 0.625. The van der Waals surface area contributed by atoms with Crippen LogP contribution in [-0.4, -0.2) is 78.2 Å². The number of carbonyl (C=O) groups is 2. The van der Waals surface area contributed by atoms with E-state index in [-0.39, 0.29) is 18.2 Å². The number of allylic oxidation sites excluding steroid dienone is 1. The molecule has 0 fully saturated rings. The van der Waals surface area contributed by atoms with E-state index in [0.29, 0.717) is 0 Å². The minimum Gasteiger partial charge on any atom is -0.478 e. The number of carbonyl (C=O) groups excluding carboxylic acids is 1. The van der Waals surface area contributed by atoms with Crippen LogP contribution in [0, 0.1) is 0 Å². The molecule has 1 N–H and O–H groups in total. The molecule has 3 atom stereocenters. The molecule has 0 aromatic heterocycles. The smallest absolute Gasteiger partial charge is 0.385 e. The first kappa shape index (κ1) is 36.4. The summed E-state index contributed by atoms with van der Waals surface area (Å²) < 4.78 is 214. The van der Waals surface area contributed by atoms with Gasteiger partial charge in [-0.1, -0.05) is 6.58 Å². The van der Waals surface area contributed by atoms with Crippen LogP contribution in [-0.2, 0) is 14.3 Å². The van der Waals surface area contributed by atoms with Gasteiger partial charge >= 0.3 is 54.3 Å². The van der Waals surface area contributed by atoms with Gasteiger partial charge in [0, 0.05) is 12.2 Å². The van der Waals surface area contributed by atoms with Gasteiger partial charge in [-0.3, -0.25) is 0 Å². The molecule has 0 heterocycles. The highest BCUT2D eigenvalue weighted by Gasteiger charge is 2.85. The van der Waals surface area contributed by atoms with Gasteiger partial charge in [0.2, 0.25) is 6.17 Å². The van der Waals surface area contributed by atoms with E-state index < -0.39 is 73.1 Å². The van der Waals surface area contributed by atoms with Gasteiger partial charge in [0.25, 0.3) is 6.43 Å². The predicted octanol–water partition coefficient (Wildman–Crippen LogP) is 6.02. The van der Waals surface area contributed by atoms with Crippen molar-refractivity contribution in [1.82, 2.24) is 0 Å². The highest BCUT2D eigenvalue weighted by molar-refractivity contribution is 5.81. The first-order valence-corrected chi connectivity index (χ1v) is 8.38. The Hall–Kier alpha value is -2.77. The Kier molecular flexibility index (Phi) is 12.4. The molecule has 218 valence electrons.